The Morgan fingerprint density at radius 3 is 3.20 bits per heavy atom. The molecule has 1 aromatic rings. The van der Waals surface area contributed by atoms with Gasteiger partial charge in [-0.15, -0.1) is 11.3 Å². The number of hydrogen-bond acceptors (Lipinski definition) is 5. The fourth-order valence-electron chi connectivity index (χ4n) is 1.75. The van der Waals surface area contributed by atoms with E-state index < -0.39 is 0 Å². The molecule has 15 heavy (non-hydrogen) atoms. The Morgan fingerprint density at radius 2 is 2.60 bits per heavy atom. The maximum absolute atomic E-state index is 11.5. The van der Waals surface area contributed by atoms with Crippen molar-refractivity contribution in [2.75, 3.05) is 18.6 Å². The molecule has 1 unspecified atom stereocenters. The Morgan fingerprint density at radius 1 is 1.80 bits per heavy atom. The lowest BCUT2D eigenvalue weighted by molar-refractivity contribution is -0.141. The van der Waals surface area contributed by atoms with Gasteiger partial charge in [-0.25, -0.2) is 9.78 Å². The van der Waals surface area contributed by atoms with Crippen LogP contribution in [0.25, 0.3) is 0 Å². The highest BCUT2D eigenvalue weighted by Crippen LogP contribution is 2.30. The number of esters is 1. The summed E-state index contributed by atoms with van der Waals surface area (Å²) >= 11 is 4.85. The van der Waals surface area contributed by atoms with Gasteiger partial charge in [0.25, 0.3) is 0 Å². The van der Waals surface area contributed by atoms with Gasteiger partial charge in [0.2, 0.25) is 0 Å². The zero-order valence-corrected chi connectivity index (χ0v) is 10.7. The standard InChI is InChI=1S/C9H11BrN2O2S/c1-14-8(13)6-3-2-4-12(6)9-11-7(10)5-15-9/h5-6H,2-4H2,1H3. The van der Waals surface area contributed by atoms with Gasteiger partial charge in [-0.1, -0.05) is 0 Å². The maximum atomic E-state index is 11.5. The molecule has 2 heterocycles. The largest absolute Gasteiger partial charge is 0.467 e. The van der Waals surface area contributed by atoms with Gasteiger partial charge in [-0.05, 0) is 28.8 Å². The van der Waals surface area contributed by atoms with E-state index in [2.05, 4.69) is 20.9 Å². The Bertz CT molecular complexity index is 369. The van der Waals surface area contributed by atoms with E-state index in [0.29, 0.717) is 0 Å². The number of carbonyl (C=O) groups excluding carboxylic acids is 1. The van der Waals surface area contributed by atoms with Crippen LogP contribution in [-0.4, -0.2) is 30.6 Å². The van der Waals surface area contributed by atoms with Crippen LogP contribution in [0.3, 0.4) is 0 Å². The normalized spacial score (nSPS) is 20.7. The summed E-state index contributed by atoms with van der Waals surface area (Å²) in [7, 11) is 1.43. The molecule has 1 aromatic heterocycles. The predicted octanol–water partition coefficient (Wildman–Crippen LogP) is 2.05. The van der Waals surface area contributed by atoms with E-state index in [0.717, 1.165) is 29.1 Å². The van der Waals surface area contributed by atoms with Gasteiger partial charge in [0.15, 0.2) is 5.13 Å². The monoisotopic (exact) mass is 290 g/mol. The van der Waals surface area contributed by atoms with Crippen LogP contribution >= 0.6 is 27.3 Å². The molecule has 0 radical (unpaired) electrons. The first-order chi connectivity index (χ1) is 7.22. The number of anilines is 1. The van der Waals surface area contributed by atoms with Crippen molar-refractivity contribution in [1.29, 1.82) is 0 Å². The van der Waals surface area contributed by atoms with Crippen molar-refractivity contribution in [1.82, 2.24) is 4.98 Å². The molecule has 0 saturated carbocycles. The second-order valence-electron chi connectivity index (χ2n) is 3.33. The smallest absolute Gasteiger partial charge is 0.328 e. The van der Waals surface area contributed by atoms with Gasteiger partial charge in [-0.2, -0.15) is 0 Å². The number of nitrogens with zero attached hydrogens (tertiary/aromatic N) is 2. The van der Waals surface area contributed by atoms with Crippen LogP contribution in [0.2, 0.25) is 0 Å². The van der Waals surface area contributed by atoms with Crippen molar-refractivity contribution >= 4 is 38.4 Å². The minimum atomic E-state index is -0.168. The van der Waals surface area contributed by atoms with E-state index in [1.807, 2.05) is 10.3 Å². The molecule has 0 bridgehead atoms. The van der Waals surface area contributed by atoms with Crippen molar-refractivity contribution < 1.29 is 9.53 Å². The molecule has 1 fully saturated rings. The summed E-state index contributed by atoms with van der Waals surface area (Å²) in [5, 5.41) is 2.80. The number of hydrogen-bond donors (Lipinski definition) is 0. The summed E-state index contributed by atoms with van der Waals surface area (Å²) in [6, 6.07) is -0.159. The second kappa shape index (κ2) is 4.49. The molecule has 6 heteroatoms. The summed E-state index contributed by atoms with van der Waals surface area (Å²) < 4.78 is 5.59. The van der Waals surface area contributed by atoms with Crippen LogP contribution in [0.1, 0.15) is 12.8 Å². The van der Waals surface area contributed by atoms with Crippen LogP contribution in [0, 0.1) is 0 Å². The Kier molecular flexibility index (Phi) is 3.25. The molecular weight excluding hydrogens is 280 g/mol. The third-order valence-electron chi connectivity index (χ3n) is 2.44. The lowest BCUT2D eigenvalue weighted by atomic mass is 10.2. The van der Waals surface area contributed by atoms with Crippen LogP contribution in [-0.2, 0) is 9.53 Å². The second-order valence-corrected chi connectivity index (χ2v) is 4.98. The molecule has 1 saturated heterocycles. The highest BCUT2D eigenvalue weighted by atomic mass is 79.9. The minimum Gasteiger partial charge on any atom is -0.467 e. The average molecular weight is 291 g/mol. The van der Waals surface area contributed by atoms with Crippen LogP contribution in [0.5, 0.6) is 0 Å². The van der Waals surface area contributed by atoms with Gasteiger partial charge in [-0.3, -0.25) is 0 Å². The zero-order valence-electron chi connectivity index (χ0n) is 8.27. The van der Waals surface area contributed by atoms with Crippen molar-refractivity contribution in [3.8, 4) is 0 Å². The molecule has 1 aliphatic heterocycles. The van der Waals surface area contributed by atoms with Crippen molar-refractivity contribution in [2.24, 2.45) is 0 Å². The lowest BCUT2D eigenvalue weighted by Gasteiger charge is -2.21. The number of rotatable bonds is 2. The highest BCUT2D eigenvalue weighted by Gasteiger charge is 2.33. The third kappa shape index (κ3) is 2.15. The lowest BCUT2D eigenvalue weighted by Crippen LogP contribution is -2.36. The molecule has 82 valence electrons. The van der Waals surface area contributed by atoms with E-state index in [1.54, 1.807) is 0 Å². The van der Waals surface area contributed by atoms with Gasteiger partial charge < -0.3 is 9.64 Å². The third-order valence-corrected chi connectivity index (χ3v) is 4.02. The topological polar surface area (TPSA) is 42.4 Å². The zero-order chi connectivity index (χ0) is 10.8. The van der Waals surface area contributed by atoms with E-state index >= 15 is 0 Å². The Labute approximate surface area is 100 Å². The van der Waals surface area contributed by atoms with Gasteiger partial charge in [0.1, 0.15) is 10.6 Å². The Hall–Kier alpha value is -0.620. The SMILES string of the molecule is COC(=O)C1CCCN1c1nc(Br)cs1. The van der Waals surface area contributed by atoms with Crippen LogP contribution in [0.4, 0.5) is 5.13 Å². The molecule has 2 rings (SSSR count). The highest BCUT2D eigenvalue weighted by molar-refractivity contribution is 9.10. The molecular formula is C9H11BrN2O2S. The van der Waals surface area contributed by atoms with E-state index in [1.165, 1.54) is 18.4 Å². The van der Waals surface area contributed by atoms with E-state index in [4.69, 9.17) is 4.74 Å². The summed E-state index contributed by atoms with van der Waals surface area (Å²) in [4.78, 5) is 17.8. The van der Waals surface area contributed by atoms with Gasteiger partial charge >= 0.3 is 5.97 Å². The number of aromatic nitrogens is 1. The summed E-state index contributed by atoms with van der Waals surface area (Å²) in [5.41, 5.74) is 0. The number of carbonyl (C=O) groups is 1. The molecule has 0 spiro atoms. The molecule has 4 nitrogen and oxygen atoms in total. The molecule has 1 aliphatic rings. The molecule has 1 atom stereocenters. The van der Waals surface area contributed by atoms with E-state index in [-0.39, 0.29) is 12.0 Å². The first-order valence-electron chi connectivity index (χ1n) is 4.68. The number of ether oxygens (including phenoxy) is 1. The number of methoxy groups -OCH3 is 1. The fraction of sp³-hybridized carbons (Fsp3) is 0.556. The Balaban J connectivity index is 2.18. The predicted molar refractivity (Wildman–Crippen MR) is 62.2 cm³/mol. The molecule has 0 N–H and O–H groups in total. The summed E-state index contributed by atoms with van der Waals surface area (Å²) in [6.45, 7) is 0.875. The van der Waals surface area contributed by atoms with Crippen molar-refractivity contribution in [3.05, 3.63) is 9.98 Å². The molecule has 0 aromatic carbocycles. The fourth-order valence-corrected chi connectivity index (χ4v) is 3.08. The minimum absolute atomic E-state index is 0.159. The first-order valence-corrected chi connectivity index (χ1v) is 6.35. The number of thiazole rings is 1. The quantitative estimate of drug-likeness (QED) is 0.782. The first kappa shape index (κ1) is 10.9. The molecule has 0 aliphatic carbocycles. The van der Waals surface area contributed by atoms with Gasteiger partial charge in [0, 0.05) is 11.9 Å². The van der Waals surface area contributed by atoms with E-state index in [9.17, 15) is 4.79 Å². The summed E-state index contributed by atoms with van der Waals surface area (Å²) in [5.74, 6) is -0.168. The van der Waals surface area contributed by atoms with Gasteiger partial charge in [0.05, 0.1) is 7.11 Å². The molecule has 0 amide bonds. The van der Waals surface area contributed by atoms with Crippen molar-refractivity contribution in [2.45, 2.75) is 18.9 Å². The number of halogens is 1. The average Bonchev–Trinajstić information content (AvgIpc) is 2.84. The van der Waals surface area contributed by atoms with Crippen LogP contribution < -0.4 is 4.90 Å². The van der Waals surface area contributed by atoms with Crippen molar-refractivity contribution in [3.63, 3.8) is 0 Å². The van der Waals surface area contributed by atoms with Crippen LogP contribution in [0.15, 0.2) is 9.98 Å². The maximum Gasteiger partial charge on any atom is 0.328 e. The summed E-state index contributed by atoms with van der Waals surface area (Å²) in [6.07, 6.45) is 1.86.